The predicted octanol–water partition coefficient (Wildman–Crippen LogP) is 2.00. The second kappa shape index (κ2) is 5.92. The standard InChI is InChI=1S/C16H10O5/c17-9-14(18)12-5-1-10(2-6-12)11-3-7-13(8-4-11)15(19)16(20)21/h1-9H,(H,20,21). The summed E-state index contributed by atoms with van der Waals surface area (Å²) in [6.45, 7) is 0. The Bertz CT molecular complexity index is 711. The Labute approximate surface area is 119 Å². The highest BCUT2D eigenvalue weighted by atomic mass is 16.4. The van der Waals surface area contributed by atoms with Gasteiger partial charge in [-0.05, 0) is 11.1 Å². The molecule has 2 rings (SSSR count). The number of ketones is 2. The number of rotatable bonds is 5. The highest BCUT2D eigenvalue weighted by Gasteiger charge is 2.14. The van der Waals surface area contributed by atoms with Gasteiger partial charge in [-0.15, -0.1) is 0 Å². The van der Waals surface area contributed by atoms with Crippen LogP contribution in [0.15, 0.2) is 48.5 Å². The Morgan fingerprint density at radius 3 is 1.57 bits per heavy atom. The minimum atomic E-state index is -1.50. The molecule has 0 bridgehead atoms. The molecule has 5 nitrogen and oxygen atoms in total. The molecular formula is C16H10O5. The summed E-state index contributed by atoms with van der Waals surface area (Å²) in [5.74, 6) is -3.06. The second-order valence-corrected chi connectivity index (χ2v) is 4.27. The fourth-order valence-electron chi connectivity index (χ4n) is 1.83. The van der Waals surface area contributed by atoms with E-state index in [4.69, 9.17) is 5.11 Å². The van der Waals surface area contributed by atoms with Gasteiger partial charge in [0.05, 0.1) is 0 Å². The molecule has 5 heteroatoms. The number of Topliss-reactive ketones (excluding diaryl/α,β-unsaturated/α-hetero) is 2. The van der Waals surface area contributed by atoms with Crippen LogP contribution in [-0.4, -0.2) is 28.9 Å². The lowest BCUT2D eigenvalue weighted by Gasteiger charge is -2.03. The molecule has 2 aromatic rings. The molecule has 0 amide bonds. The molecule has 0 radical (unpaired) electrons. The van der Waals surface area contributed by atoms with E-state index in [0.29, 0.717) is 5.56 Å². The van der Waals surface area contributed by atoms with E-state index >= 15 is 0 Å². The van der Waals surface area contributed by atoms with Crippen molar-refractivity contribution in [1.82, 2.24) is 0 Å². The third kappa shape index (κ3) is 3.09. The van der Waals surface area contributed by atoms with E-state index in [0.717, 1.165) is 11.1 Å². The van der Waals surface area contributed by atoms with Crippen LogP contribution in [0.25, 0.3) is 11.1 Å². The highest BCUT2D eigenvalue weighted by molar-refractivity contribution is 6.39. The lowest BCUT2D eigenvalue weighted by atomic mass is 10.0. The average molecular weight is 282 g/mol. The first kappa shape index (κ1) is 14.3. The van der Waals surface area contributed by atoms with Gasteiger partial charge in [-0.1, -0.05) is 48.5 Å². The van der Waals surface area contributed by atoms with E-state index in [9.17, 15) is 19.2 Å². The summed E-state index contributed by atoms with van der Waals surface area (Å²) in [6, 6.07) is 12.5. The third-order valence-electron chi connectivity index (χ3n) is 2.95. The van der Waals surface area contributed by atoms with Crippen LogP contribution < -0.4 is 0 Å². The number of hydrogen-bond donors (Lipinski definition) is 1. The van der Waals surface area contributed by atoms with E-state index in [-0.39, 0.29) is 11.8 Å². The van der Waals surface area contributed by atoms with Crippen LogP contribution in [-0.2, 0) is 9.59 Å². The molecule has 0 unspecified atom stereocenters. The summed E-state index contributed by atoms with van der Waals surface area (Å²) < 4.78 is 0. The number of carboxylic acids is 1. The molecule has 0 spiro atoms. The van der Waals surface area contributed by atoms with Crippen molar-refractivity contribution in [2.24, 2.45) is 0 Å². The lowest BCUT2D eigenvalue weighted by molar-refractivity contribution is -0.131. The summed E-state index contributed by atoms with van der Waals surface area (Å²) >= 11 is 0. The van der Waals surface area contributed by atoms with Gasteiger partial charge in [-0.2, -0.15) is 0 Å². The monoisotopic (exact) mass is 282 g/mol. The summed E-state index contributed by atoms with van der Waals surface area (Å²) in [4.78, 5) is 43.4. The maximum Gasteiger partial charge on any atom is 0.377 e. The molecule has 0 aliphatic rings. The molecule has 0 heterocycles. The number of benzene rings is 2. The van der Waals surface area contributed by atoms with Crippen LogP contribution in [0.1, 0.15) is 20.7 Å². The molecule has 0 atom stereocenters. The minimum Gasteiger partial charge on any atom is -0.475 e. The van der Waals surface area contributed by atoms with Crippen molar-refractivity contribution in [3.63, 3.8) is 0 Å². The maximum atomic E-state index is 11.3. The summed E-state index contributed by atoms with van der Waals surface area (Å²) in [5, 5.41) is 8.62. The number of carboxylic acid groups (broad SMARTS) is 1. The Balaban J connectivity index is 2.26. The zero-order valence-corrected chi connectivity index (χ0v) is 10.8. The molecule has 0 saturated heterocycles. The Hall–Kier alpha value is -3.08. The minimum absolute atomic E-state index is 0.0963. The molecule has 21 heavy (non-hydrogen) atoms. The summed E-state index contributed by atoms with van der Waals surface area (Å²) in [5.41, 5.74) is 1.94. The normalized spacial score (nSPS) is 9.90. The topological polar surface area (TPSA) is 88.5 Å². The maximum absolute atomic E-state index is 11.3. The van der Waals surface area contributed by atoms with Gasteiger partial charge in [0, 0.05) is 11.1 Å². The first-order valence-corrected chi connectivity index (χ1v) is 6.00. The quantitative estimate of drug-likeness (QED) is 0.514. The van der Waals surface area contributed by atoms with Crippen molar-refractivity contribution in [2.45, 2.75) is 0 Å². The molecule has 0 aromatic heterocycles. The van der Waals surface area contributed by atoms with Gasteiger partial charge in [0.25, 0.3) is 5.78 Å². The molecular weight excluding hydrogens is 272 g/mol. The first-order valence-electron chi connectivity index (χ1n) is 6.00. The van der Waals surface area contributed by atoms with E-state index in [2.05, 4.69) is 0 Å². The van der Waals surface area contributed by atoms with Gasteiger partial charge in [0.2, 0.25) is 5.78 Å². The molecule has 0 aliphatic carbocycles. The molecule has 0 fully saturated rings. The van der Waals surface area contributed by atoms with Crippen molar-refractivity contribution in [3.05, 3.63) is 59.7 Å². The summed E-state index contributed by atoms with van der Waals surface area (Å²) in [6.07, 6.45) is 0.251. The van der Waals surface area contributed by atoms with Gasteiger partial charge in [0.15, 0.2) is 6.29 Å². The number of aldehydes is 1. The first-order chi connectivity index (χ1) is 10.0. The number of carbonyl (C=O) groups is 4. The Kier molecular flexibility index (Phi) is 4.04. The number of hydrogen-bond acceptors (Lipinski definition) is 4. The van der Waals surface area contributed by atoms with E-state index in [1.54, 1.807) is 24.3 Å². The zero-order valence-electron chi connectivity index (χ0n) is 10.8. The molecule has 0 saturated carbocycles. The van der Waals surface area contributed by atoms with Crippen LogP contribution in [0, 0.1) is 0 Å². The van der Waals surface area contributed by atoms with Gasteiger partial charge < -0.3 is 5.11 Å². The zero-order chi connectivity index (χ0) is 15.4. The number of carbonyl (C=O) groups excluding carboxylic acids is 3. The van der Waals surface area contributed by atoms with Crippen molar-refractivity contribution in [2.75, 3.05) is 0 Å². The van der Waals surface area contributed by atoms with E-state index < -0.39 is 17.5 Å². The van der Waals surface area contributed by atoms with Gasteiger partial charge in [-0.3, -0.25) is 14.4 Å². The molecule has 0 aliphatic heterocycles. The number of aliphatic carboxylic acids is 1. The van der Waals surface area contributed by atoms with Crippen LogP contribution in [0.3, 0.4) is 0 Å². The second-order valence-electron chi connectivity index (χ2n) is 4.27. The van der Waals surface area contributed by atoms with Crippen LogP contribution in [0.5, 0.6) is 0 Å². The van der Waals surface area contributed by atoms with Crippen LogP contribution >= 0.6 is 0 Å². The van der Waals surface area contributed by atoms with Gasteiger partial charge in [0.1, 0.15) is 0 Å². The van der Waals surface area contributed by atoms with Crippen LogP contribution in [0.2, 0.25) is 0 Å². The fourth-order valence-corrected chi connectivity index (χ4v) is 1.83. The van der Waals surface area contributed by atoms with Crippen LogP contribution in [0.4, 0.5) is 0 Å². The molecule has 104 valence electrons. The summed E-state index contributed by atoms with van der Waals surface area (Å²) in [7, 11) is 0. The third-order valence-corrected chi connectivity index (χ3v) is 2.95. The van der Waals surface area contributed by atoms with Crippen molar-refractivity contribution < 1.29 is 24.3 Å². The predicted molar refractivity (Wildman–Crippen MR) is 74.2 cm³/mol. The van der Waals surface area contributed by atoms with Crippen molar-refractivity contribution in [3.8, 4) is 11.1 Å². The van der Waals surface area contributed by atoms with Crippen molar-refractivity contribution in [1.29, 1.82) is 0 Å². The van der Waals surface area contributed by atoms with E-state index in [1.807, 2.05) is 0 Å². The lowest BCUT2D eigenvalue weighted by Crippen LogP contribution is -2.12. The Morgan fingerprint density at radius 2 is 1.19 bits per heavy atom. The average Bonchev–Trinajstić information content (AvgIpc) is 2.53. The SMILES string of the molecule is O=CC(=O)c1ccc(-c2ccc(C(=O)C(=O)O)cc2)cc1. The smallest absolute Gasteiger partial charge is 0.377 e. The molecule has 1 N–H and O–H groups in total. The van der Waals surface area contributed by atoms with Crippen molar-refractivity contribution >= 4 is 23.8 Å². The fraction of sp³-hybridized carbons (Fsp3) is 0. The van der Waals surface area contributed by atoms with E-state index in [1.165, 1.54) is 24.3 Å². The Morgan fingerprint density at radius 1 is 0.762 bits per heavy atom. The largest absolute Gasteiger partial charge is 0.475 e. The molecule has 2 aromatic carbocycles. The highest BCUT2D eigenvalue weighted by Crippen LogP contribution is 2.20. The van der Waals surface area contributed by atoms with Gasteiger partial charge >= 0.3 is 5.97 Å². The van der Waals surface area contributed by atoms with Gasteiger partial charge in [-0.25, -0.2) is 4.79 Å².